The summed E-state index contributed by atoms with van der Waals surface area (Å²) in [4.78, 5) is 30.3. The number of rotatable bonds is 10. The maximum absolute atomic E-state index is 13.0. The zero-order valence-corrected chi connectivity index (χ0v) is 19.8. The number of hydrogen-bond acceptors (Lipinski definition) is 6. The molecule has 7 nitrogen and oxygen atoms in total. The Labute approximate surface area is 192 Å². The second-order valence-corrected chi connectivity index (χ2v) is 10.5. The molecule has 1 amide bonds. The average molecular weight is 474 g/mol. The van der Waals surface area contributed by atoms with Gasteiger partial charge in [-0.05, 0) is 42.8 Å². The van der Waals surface area contributed by atoms with E-state index in [4.69, 9.17) is 0 Å². The summed E-state index contributed by atoms with van der Waals surface area (Å²) >= 11 is 1.22. The van der Waals surface area contributed by atoms with Crippen LogP contribution in [0.4, 0.5) is 5.69 Å². The Morgan fingerprint density at radius 3 is 2.47 bits per heavy atom. The van der Waals surface area contributed by atoms with Crippen molar-refractivity contribution in [2.24, 2.45) is 0 Å². The number of fused-ring (bicyclic) bond motifs is 1. The number of amides is 1. The molecule has 0 radical (unpaired) electrons. The first-order chi connectivity index (χ1) is 15.3. The quantitative estimate of drug-likeness (QED) is 0.270. The van der Waals surface area contributed by atoms with Crippen LogP contribution in [0.15, 0.2) is 63.4 Å². The molecule has 0 saturated carbocycles. The van der Waals surface area contributed by atoms with Crippen LogP contribution in [0.2, 0.25) is 0 Å². The molecule has 9 heteroatoms. The van der Waals surface area contributed by atoms with Crippen molar-refractivity contribution in [1.29, 1.82) is 0 Å². The normalized spacial score (nSPS) is 11.6. The first-order valence-corrected chi connectivity index (χ1v) is 13.4. The van der Waals surface area contributed by atoms with Gasteiger partial charge < -0.3 is 5.32 Å². The van der Waals surface area contributed by atoms with Gasteiger partial charge in [-0.2, -0.15) is 0 Å². The monoisotopic (exact) mass is 473 g/mol. The topological polar surface area (TPSA) is 98.1 Å². The highest BCUT2D eigenvalue weighted by atomic mass is 32.2. The number of para-hydroxylation sites is 1. The van der Waals surface area contributed by atoms with Crippen molar-refractivity contribution in [2.45, 2.75) is 49.2 Å². The zero-order valence-electron chi connectivity index (χ0n) is 18.2. The Bertz CT molecular complexity index is 1250. The lowest BCUT2D eigenvalue weighted by Gasteiger charge is -2.13. The molecule has 0 saturated heterocycles. The molecule has 0 aliphatic heterocycles. The SMILES string of the molecule is CCCCCCn1c(SCC(=O)Nc2ccc(S(C)(=O)=O)cc2)nc2ccccc2c1=O. The van der Waals surface area contributed by atoms with Gasteiger partial charge >= 0.3 is 0 Å². The van der Waals surface area contributed by atoms with Crippen molar-refractivity contribution >= 4 is 44.1 Å². The molecule has 2 aromatic carbocycles. The van der Waals surface area contributed by atoms with E-state index >= 15 is 0 Å². The minimum absolute atomic E-state index is 0.0770. The predicted molar refractivity (Wildman–Crippen MR) is 129 cm³/mol. The van der Waals surface area contributed by atoms with Crippen LogP contribution in [-0.2, 0) is 21.2 Å². The van der Waals surface area contributed by atoms with Crippen molar-refractivity contribution < 1.29 is 13.2 Å². The summed E-state index contributed by atoms with van der Waals surface area (Å²) in [5.41, 5.74) is 1.03. The summed E-state index contributed by atoms with van der Waals surface area (Å²) in [5, 5.41) is 3.85. The number of benzene rings is 2. The van der Waals surface area contributed by atoms with E-state index in [9.17, 15) is 18.0 Å². The lowest BCUT2D eigenvalue weighted by atomic mass is 10.2. The number of hydrogen-bond donors (Lipinski definition) is 1. The van der Waals surface area contributed by atoms with E-state index in [0.717, 1.165) is 31.9 Å². The predicted octanol–water partition coefficient (Wildman–Crippen LogP) is 4.11. The van der Waals surface area contributed by atoms with Gasteiger partial charge in [-0.1, -0.05) is 50.1 Å². The van der Waals surface area contributed by atoms with Crippen LogP contribution < -0.4 is 10.9 Å². The summed E-state index contributed by atoms with van der Waals surface area (Å²) < 4.78 is 24.8. The van der Waals surface area contributed by atoms with Crippen LogP contribution in [0.1, 0.15) is 32.6 Å². The number of nitrogens with one attached hydrogen (secondary N) is 1. The molecule has 3 aromatic rings. The van der Waals surface area contributed by atoms with Gasteiger partial charge in [-0.15, -0.1) is 0 Å². The van der Waals surface area contributed by atoms with E-state index < -0.39 is 9.84 Å². The van der Waals surface area contributed by atoms with Crippen LogP contribution in [-0.4, -0.2) is 35.9 Å². The maximum Gasteiger partial charge on any atom is 0.262 e. The summed E-state index contributed by atoms with van der Waals surface area (Å²) in [6.07, 6.45) is 5.26. The largest absolute Gasteiger partial charge is 0.325 e. The standard InChI is InChI=1S/C23H27N3O4S2/c1-3-4-5-8-15-26-22(28)19-9-6-7-10-20(19)25-23(26)31-16-21(27)24-17-11-13-18(14-12-17)32(2,29)30/h6-7,9-14H,3-5,8,15-16H2,1-2H3,(H,24,27). The molecule has 0 bridgehead atoms. The van der Waals surface area contributed by atoms with Crippen molar-refractivity contribution in [1.82, 2.24) is 9.55 Å². The number of nitrogens with zero attached hydrogens (tertiary/aromatic N) is 2. The van der Waals surface area contributed by atoms with E-state index in [1.807, 2.05) is 12.1 Å². The number of carbonyl (C=O) groups excluding carboxylic acids is 1. The molecule has 1 heterocycles. The van der Waals surface area contributed by atoms with Crippen molar-refractivity contribution in [3.63, 3.8) is 0 Å². The van der Waals surface area contributed by atoms with Gasteiger partial charge in [0.2, 0.25) is 5.91 Å². The number of aromatic nitrogens is 2. The molecule has 0 atom stereocenters. The highest BCUT2D eigenvalue weighted by molar-refractivity contribution is 7.99. The van der Waals surface area contributed by atoms with Crippen LogP contribution in [0.3, 0.4) is 0 Å². The minimum atomic E-state index is -3.29. The van der Waals surface area contributed by atoms with E-state index in [1.165, 1.54) is 23.9 Å². The summed E-state index contributed by atoms with van der Waals surface area (Å²) in [6.45, 7) is 2.70. The lowest BCUT2D eigenvalue weighted by molar-refractivity contribution is -0.113. The van der Waals surface area contributed by atoms with E-state index in [2.05, 4.69) is 17.2 Å². The first-order valence-electron chi connectivity index (χ1n) is 10.5. The van der Waals surface area contributed by atoms with Gasteiger partial charge in [0.1, 0.15) is 0 Å². The first kappa shape index (κ1) is 24.0. The van der Waals surface area contributed by atoms with E-state index in [-0.39, 0.29) is 22.1 Å². The van der Waals surface area contributed by atoms with Gasteiger partial charge in [0, 0.05) is 18.5 Å². The van der Waals surface area contributed by atoms with Crippen molar-refractivity contribution in [2.75, 3.05) is 17.3 Å². The fraction of sp³-hybridized carbons (Fsp3) is 0.348. The molecule has 0 unspecified atom stereocenters. The molecular formula is C23H27N3O4S2. The third-order valence-electron chi connectivity index (χ3n) is 4.96. The van der Waals surface area contributed by atoms with Crippen LogP contribution in [0, 0.1) is 0 Å². The minimum Gasteiger partial charge on any atom is -0.325 e. The lowest BCUT2D eigenvalue weighted by Crippen LogP contribution is -2.24. The zero-order chi connectivity index (χ0) is 23.1. The van der Waals surface area contributed by atoms with Gasteiger partial charge in [0.15, 0.2) is 15.0 Å². The number of anilines is 1. The molecule has 0 aliphatic rings. The van der Waals surface area contributed by atoms with Crippen LogP contribution in [0.25, 0.3) is 10.9 Å². The fourth-order valence-corrected chi connectivity index (χ4v) is 4.72. The Balaban J connectivity index is 1.74. The second kappa shape index (κ2) is 10.8. The van der Waals surface area contributed by atoms with E-state index in [1.54, 1.807) is 28.8 Å². The van der Waals surface area contributed by atoms with Gasteiger partial charge in [-0.25, -0.2) is 13.4 Å². The number of sulfone groups is 1. The van der Waals surface area contributed by atoms with Gasteiger partial charge in [0.05, 0.1) is 21.6 Å². The molecule has 3 rings (SSSR count). The summed E-state index contributed by atoms with van der Waals surface area (Å²) in [6, 6.07) is 13.2. The smallest absolute Gasteiger partial charge is 0.262 e. The Morgan fingerprint density at radius 2 is 1.78 bits per heavy atom. The third-order valence-corrected chi connectivity index (χ3v) is 7.07. The molecule has 1 N–H and O–H groups in total. The average Bonchev–Trinajstić information content (AvgIpc) is 2.76. The Morgan fingerprint density at radius 1 is 1.06 bits per heavy atom. The molecule has 32 heavy (non-hydrogen) atoms. The molecule has 170 valence electrons. The van der Waals surface area contributed by atoms with Crippen molar-refractivity contribution in [3.8, 4) is 0 Å². The number of unbranched alkanes of at least 4 members (excludes halogenated alkanes) is 3. The molecule has 0 spiro atoms. The van der Waals surface area contributed by atoms with Crippen molar-refractivity contribution in [3.05, 3.63) is 58.9 Å². The molecular weight excluding hydrogens is 446 g/mol. The van der Waals surface area contributed by atoms with Gasteiger partial charge in [-0.3, -0.25) is 14.2 Å². The fourth-order valence-electron chi connectivity index (χ4n) is 3.26. The maximum atomic E-state index is 13.0. The molecule has 0 fully saturated rings. The summed E-state index contributed by atoms with van der Waals surface area (Å²) in [7, 11) is -3.29. The number of carbonyl (C=O) groups is 1. The number of thioether (sulfide) groups is 1. The molecule has 1 aromatic heterocycles. The third kappa shape index (κ3) is 6.20. The Hall–Kier alpha value is -2.65. The van der Waals surface area contributed by atoms with Crippen LogP contribution >= 0.6 is 11.8 Å². The summed E-state index contributed by atoms with van der Waals surface area (Å²) in [5.74, 6) is -0.185. The highest BCUT2D eigenvalue weighted by Gasteiger charge is 2.14. The van der Waals surface area contributed by atoms with E-state index in [0.29, 0.717) is 28.3 Å². The highest BCUT2D eigenvalue weighted by Crippen LogP contribution is 2.20. The van der Waals surface area contributed by atoms with Gasteiger partial charge in [0.25, 0.3) is 5.56 Å². The van der Waals surface area contributed by atoms with Crippen LogP contribution in [0.5, 0.6) is 0 Å². The molecule has 0 aliphatic carbocycles. The Kier molecular flexibility index (Phi) is 8.09. The second-order valence-electron chi connectivity index (χ2n) is 7.56.